The summed E-state index contributed by atoms with van der Waals surface area (Å²) < 4.78 is 6.05. The molecule has 1 aromatic carbocycles. The fourth-order valence-electron chi connectivity index (χ4n) is 1.81. The van der Waals surface area contributed by atoms with Gasteiger partial charge in [-0.25, -0.2) is 0 Å². The van der Waals surface area contributed by atoms with Crippen LogP contribution < -0.4 is 5.73 Å². The summed E-state index contributed by atoms with van der Waals surface area (Å²) in [7, 11) is 0. The van der Waals surface area contributed by atoms with Gasteiger partial charge in [0.25, 0.3) is 0 Å². The Balaban J connectivity index is 1.93. The van der Waals surface area contributed by atoms with Gasteiger partial charge in [-0.05, 0) is 33.6 Å². The van der Waals surface area contributed by atoms with Crippen LogP contribution in [0.1, 0.15) is 17.5 Å². The number of benzene rings is 1. The van der Waals surface area contributed by atoms with Gasteiger partial charge >= 0.3 is 0 Å². The van der Waals surface area contributed by atoms with Crippen LogP contribution in [-0.4, -0.2) is 15.1 Å². The second-order valence-electron chi connectivity index (χ2n) is 4.18. The minimum absolute atomic E-state index is 0.365. The summed E-state index contributed by atoms with van der Waals surface area (Å²) in [5.74, 6) is 0.780. The molecule has 0 saturated carbocycles. The highest BCUT2D eigenvalue weighted by Crippen LogP contribution is 2.25. The first-order valence-corrected chi connectivity index (χ1v) is 6.80. The van der Waals surface area contributed by atoms with Crippen molar-refractivity contribution in [3.8, 4) is 11.5 Å². The molecule has 3 rings (SSSR count). The minimum atomic E-state index is -0.445. The summed E-state index contributed by atoms with van der Waals surface area (Å²) in [5.41, 5.74) is 7.66. The average molecular weight is 331 g/mol. The van der Waals surface area contributed by atoms with Crippen molar-refractivity contribution >= 4 is 15.9 Å². The molecule has 2 N–H and O–H groups in total. The maximum absolute atomic E-state index is 6.12. The van der Waals surface area contributed by atoms with Crippen molar-refractivity contribution in [3.05, 3.63) is 64.6 Å². The second kappa shape index (κ2) is 5.52. The molecular weight excluding hydrogens is 320 g/mol. The van der Waals surface area contributed by atoms with Gasteiger partial charge in [0.2, 0.25) is 11.7 Å². The maximum Gasteiger partial charge on any atom is 0.248 e. The van der Waals surface area contributed by atoms with E-state index in [9.17, 15) is 0 Å². The predicted molar refractivity (Wildman–Crippen MR) is 77.7 cm³/mol. The molecule has 5 nitrogen and oxygen atoms in total. The molecule has 3 aromatic rings. The summed E-state index contributed by atoms with van der Waals surface area (Å²) >= 11 is 3.41. The van der Waals surface area contributed by atoms with Gasteiger partial charge in [0.1, 0.15) is 11.7 Å². The van der Waals surface area contributed by atoms with E-state index in [1.54, 1.807) is 6.20 Å². The highest BCUT2D eigenvalue weighted by Gasteiger charge is 2.18. The lowest BCUT2D eigenvalue weighted by molar-refractivity contribution is 0.367. The third kappa shape index (κ3) is 2.48. The zero-order valence-corrected chi connectivity index (χ0v) is 12.0. The van der Waals surface area contributed by atoms with Crippen LogP contribution in [0.15, 0.2) is 57.7 Å². The molecule has 0 aliphatic heterocycles. The first-order chi connectivity index (χ1) is 9.75. The Morgan fingerprint density at radius 3 is 2.65 bits per heavy atom. The third-order valence-electron chi connectivity index (χ3n) is 2.84. The average Bonchev–Trinajstić information content (AvgIpc) is 2.97. The van der Waals surface area contributed by atoms with E-state index in [2.05, 4.69) is 31.1 Å². The van der Waals surface area contributed by atoms with Gasteiger partial charge in [0, 0.05) is 10.7 Å². The summed E-state index contributed by atoms with van der Waals surface area (Å²) in [6.45, 7) is 0. The number of hydrogen-bond acceptors (Lipinski definition) is 5. The Morgan fingerprint density at radius 1 is 1.10 bits per heavy atom. The lowest BCUT2D eigenvalue weighted by Crippen LogP contribution is -2.12. The largest absolute Gasteiger partial charge is 0.337 e. The SMILES string of the molecule is N[C@@H](c1ccccc1)c1nc(-c2ncccc2Br)no1. The van der Waals surface area contributed by atoms with Crippen molar-refractivity contribution in [2.45, 2.75) is 6.04 Å². The zero-order chi connectivity index (χ0) is 13.9. The van der Waals surface area contributed by atoms with Crippen molar-refractivity contribution < 1.29 is 4.52 Å². The van der Waals surface area contributed by atoms with E-state index in [0.29, 0.717) is 17.4 Å². The van der Waals surface area contributed by atoms with Crippen LogP contribution in [-0.2, 0) is 0 Å². The molecule has 0 spiro atoms. The number of hydrogen-bond donors (Lipinski definition) is 1. The van der Waals surface area contributed by atoms with E-state index < -0.39 is 6.04 Å². The molecule has 6 heteroatoms. The van der Waals surface area contributed by atoms with Gasteiger partial charge in [-0.3, -0.25) is 4.98 Å². The predicted octanol–water partition coefficient (Wildman–Crippen LogP) is 2.94. The molecule has 0 aliphatic rings. The molecule has 100 valence electrons. The summed E-state index contributed by atoms with van der Waals surface area (Å²) in [6, 6.07) is 12.9. The Hall–Kier alpha value is -2.05. The number of aromatic nitrogens is 3. The fraction of sp³-hybridized carbons (Fsp3) is 0.0714. The highest BCUT2D eigenvalue weighted by molar-refractivity contribution is 9.10. The molecule has 2 aromatic heterocycles. The van der Waals surface area contributed by atoms with Crippen LogP contribution in [0, 0.1) is 0 Å². The molecule has 0 amide bonds. The molecule has 0 saturated heterocycles. The van der Waals surface area contributed by atoms with E-state index >= 15 is 0 Å². The Labute approximate surface area is 124 Å². The number of rotatable bonds is 3. The fourth-order valence-corrected chi connectivity index (χ4v) is 2.24. The van der Waals surface area contributed by atoms with E-state index in [0.717, 1.165) is 10.0 Å². The number of pyridine rings is 1. The molecule has 0 bridgehead atoms. The quantitative estimate of drug-likeness (QED) is 0.798. The van der Waals surface area contributed by atoms with Crippen molar-refractivity contribution in [2.75, 3.05) is 0 Å². The summed E-state index contributed by atoms with van der Waals surface area (Å²) in [6.07, 6.45) is 1.67. The van der Waals surface area contributed by atoms with E-state index in [1.807, 2.05) is 42.5 Å². The topological polar surface area (TPSA) is 77.8 Å². The molecule has 0 fully saturated rings. The summed E-state index contributed by atoms with van der Waals surface area (Å²) in [4.78, 5) is 8.54. The number of nitrogens with zero attached hydrogens (tertiary/aromatic N) is 3. The molecular formula is C14H11BrN4O. The first kappa shape index (κ1) is 13.0. The van der Waals surface area contributed by atoms with Gasteiger partial charge in [0.15, 0.2) is 0 Å². The lowest BCUT2D eigenvalue weighted by atomic mass is 10.1. The summed E-state index contributed by atoms with van der Waals surface area (Å²) in [5, 5.41) is 3.94. The number of halogens is 1. The van der Waals surface area contributed by atoms with E-state index in [4.69, 9.17) is 10.3 Å². The Kier molecular flexibility index (Phi) is 3.58. The highest BCUT2D eigenvalue weighted by atomic mass is 79.9. The van der Waals surface area contributed by atoms with Crippen molar-refractivity contribution in [3.63, 3.8) is 0 Å². The lowest BCUT2D eigenvalue weighted by Gasteiger charge is -2.05. The van der Waals surface area contributed by atoms with Crippen molar-refractivity contribution in [1.29, 1.82) is 0 Å². The van der Waals surface area contributed by atoms with Crippen LogP contribution in [0.4, 0.5) is 0 Å². The van der Waals surface area contributed by atoms with Gasteiger partial charge < -0.3 is 10.3 Å². The van der Waals surface area contributed by atoms with Crippen LogP contribution in [0.5, 0.6) is 0 Å². The molecule has 2 heterocycles. The first-order valence-electron chi connectivity index (χ1n) is 6.01. The minimum Gasteiger partial charge on any atom is -0.337 e. The van der Waals surface area contributed by atoms with Crippen LogP contribution in [0.3, 0.4) is 0 Å². The standard InChI is InChI=1S/C14H11BrN4O/c15-10-7-4-8-17-12(10)13-18-14(20-19-13)11(16)9-5-2-1-3-6-9/h1-8,11H,16H2/t11-/m0/s1. The van der Waals surface area contributed by atoms with Gasteiger partial charge in [-0.2, -0.15) is 4.98 Å². The molecule has 0 radical (unpaired) electrons. The van der Waals surface area contributed by atoms with Crippen LogP contribution in [0.2, 0.25) is 0 Å². The Morgan fingerprint density at radius 2 is 1.90 bits per heavy atom. The number of nitrogens with two attached hydrogens (primary N) is 1. The zero-order valence-electron chi connectivity index (χ0n) is 10.4. The van der Waals surface area contributed by atoms with E-state index in [1.165, 1.54) is 0 Å². The second-order valence-corrected chi connectivity index (χ2v) is 5.03. The third-order valence-corrected chi connectivity index (χ3v) is 3.48. The maximum atomic E-state index is 6.12. The molecule has 20 heavy (non-hydrogen) atoms. The molecule has 1 atom stereocenters. The van der Waals surface area contributed by atoms with Gasteiger partial charge in [-0.1, -0.05) is 35.5 Å². The van der Waals surface area contributed by atoms with Crippen LogP contribution >= 0.6 is 15.9 Å². The monoisotopic (exact) mass is 330 g/mol. The van der Waals surface area contributed by atoms with Crippen molar-refractivity contribution in [1.82, 2.24) is 15.1 Å². The van der Waals surface area contributed by atoms with Gasteiger partial charge in [0.05, 0.1) is 0 Å². The molecule has 0 aliphatic carbocycles. The normalized spacial score (nSPS) is 12.3. The van der Waals surface area contributed by atoms with Crippen LogP contribution in [0.25, 0.3) is 11.5 Å². The van der Waals surface area contributed by atoms with Gasteiger partial charge in [-0.15, -0.1) is 0 Å². The van der Waals surface area contributed by atoms with Crippen molar-refractivity contribution in [2.24, 2.45) is 5.73 Å². The smallest absolute Gasteiger partial charge is 0.248 e. The Bertz CT molecular complexity index is 714. The molecule has 0 unspecified atom stereocenters. The van der Waals surface area contributed by atoms with E-state index in [-0.39, 0.29) is 0 Å².